The average molecular weight is 74.1 g/mol. The highest BCUT2D eigenvalue weighted by atomic mass is 16.3. The molecule has 0 aromatic rings. The van der Waals surface area contributed by atoms with Crippen LogP contribution < -0.4 is 5.73 Å². The lowest BCUT2D eigenvalue weighted by Gasteiger charge is -1.90. The van der Waals surface area contributed by atoms with Crippen molar-refractivity contribution < 1.29 is 5.11 Å². The van der Waals surface area contributed by atoms with Crippen LogP contribution >= 0.6 is 0 Å². The number of aliphatic hydroxyl groups is 1. The van der Waals surface area contributed by atoms with Crippen molar-refractivity contribution in [3.8, 4) is 0 Å². The molecule has 0 aliphatic carbocycles. The van der Waals surface area contributed by atoms with Gasteiger partial charge in [0.2, 0.25) is 0 Å². The summed E-state index contributed by atoms with van der Waals surface area (Å²) in [7, 11) is 0. The predicted octanol–water partition coefficient (Wildman–Crippen LogP) is -0.132. The van der Waals surface area contributed by atoms with Crippen LogP contribution in [0, 0.1) is 6.61 Å². The molecule has 0 fully saturated rings. The van der Waals surface area contributed by atoms with Crippen molar-refractivity contribution in [2.75, 3.05) is 0 Å². The summed E-state index contributed by atoms with van der Waals surface area (Å²) in [5.74, 6) is 0. The highest BCUT2D eigenvalue weighted by Gasteiger charge is 1.82. The molecule has 5 heavy (non-hydrogen) atoms. The molecule has 1 unspecified atom stereocenters. The third-order valence-corrected chi connectivity index (χ3v) is 0.235. The number of rotatable bonds is 1. The first-order chi connectivity index (χ1) is 2.27. The molecule has 1 atom stereocenters. The smallest absolute Gasteiger partial charge is 0.0961 e. The molecule has 0 aromatic heterocycles. The minimum atomic E-state index is -0.185. The maximum absolute atomic E-state index is 7.89. The zero-order valence-corrected chi connectivity index (χ0v) is 3.18. The molecule has 0 aromatic carbocycles. The average Bonchev–Trinajstić information content (AvgIpc) is 1.38. The van der Waals surface area contributed by atoms with Crippen molar-refractivity contribution in [1.82, 2.24) is 0 Å². The third-order valence-electron chi connectivity index (χ3n) is 0.235. The van der Waals surface area contributed by atoms with Crippen LogP contribution in [0.4, 0.5) is 0 Å². The highest BCUT2D eigenvalue weighted by Crippen LogP contribution is 1.70. The minimum Gasteiger partial charge on any atom is -0.389 e. The van der Waals surface area contributed by atoms with Crippen LogP contribution in [0.15, 0.2) is 0 Å². The van der Waals surface area contributed by atoms with E-state index in [1.54, 1.807) is 6.92 Å². The number of hydrogen-bond donors (Lipinski definition) is 2. The molecule has 0 amide bonds. The molecule has 0 rings (SSSR count). The van der Waals surface area contributed by atoms with E-state index >= 15 is 0 Å². The molecule has 1 radical (unpaired) electrons. The fraction of sp³-hybridized carbons (Fsp3) is 0.667. The molecule has 0 bridgehead atoms. The Bertz CT molecular complexity index is 20.9. The van der Waals surface area contributed by atoms with Gasteiger partial charge < -0.3 is 10.8 Å². The van der Waals surface area contributed by atoms with Gasteiger partial charge in [-0.25, -0.2) is 0 Å². The van der Waals surface area contributed by atoms with E-state index in [1.165, 1.54) is 0 Å². The monoisotopic (exact) mass is 74.1 g/mol. The minimum absolute atomic E-state index is 0.185. The number of nitrogens with two attached hydrogens (primary N) is 1. The first-order valence-electron chi connectivity index (χ1n) is 1.50. The van der Waals surface area contributed by atoms with E-state index in [1.807, 2.05) is 0 Å². The maximum atomic E-state index is 7.89. The lowest BCUT2D eigenvalue weighted by atomic mass is 10.4. The van der Waals surface area contributed by atoms with Crippen molar-refractivity contribution in [3.05, 3.63) is 6.61 Å². The quantitative estimate of drug-likeness (QED) is 0.455. The molecule has 0 aliphatic heterocycles. The van der Waals surface area contributed by atoms with Gasteiger partial charge in [-0.05, 0) is 6.92 Å². The predicted molar refractivity (Wildman–Crippen MR) is 19.9 cm³/mol. The standard InChI is InChI=1S/C3H8NO/c1-3(4)2-5/h2-3,5H,4H2,1H3. The van der Waals surface area contributed by atoms with E-state index in [4.69, 9.17) is 10.8 Å². The van der Waals surface area contributed by atoms with E-state index in [9.17, 15) is 0 Å². The Morgan fingerprint density at radius 2 is 2.20 bits per heavy atom. The summed E-state index contributed by atoms with van der Waals surface area (Å²) in [6.07, 6.45) is 0. The summed E-state index contributed by atoms with van der Waals surface area (Å²) in [6.45, 7) is 2.64. The first kappa shape index (κ1) is 4.92. The summed E-state index contributed by atoms with van der Waals surface area (Å²) in [6, 6.07) is -0.185. The van der Waals surface area contributed by atoms with Crippen molar-refractivity contribution in [1.29, 1.82) is 0 Å². The second-order valence-electron chi connectivity index (χ2n) is 1.01. The Morgan fingerprint density at radius 3 is 2.20 bits per heavy atom. The van der Waals surface area contributed by atoms with E-state index < -0.39 is 0 Å². The molecule has 0 saturated carbocycles. The summed E-state index contributed by atoms with van der Waals surface area (Å²) in [4.78, 5) is 0. The van der Waals surface area contributed by atoms with Gasteiger partial charge in [-0.3, -0.25) is 0 Å². The molecular weight excluding hydrogens is 66.0 g/mol. The van der Waals surface area contributed by atoms with Gasteiger partial charge in [-0.15, -0.1) is 0 Å². The largest absolute Gasteiger partial charge is 0.389 e. The molecule has 2 heteroatoms. The maximum Gasteiger partial charge on any atom is 0.0961 e. The molecular formula is C3H8NO. The van der Waals surface area contributed by atoms with Crippen LogP contribution in [0.3, 0.4) is 0 Å². The normalized spacial score (nSPS) is 15.0. The van der Waals surface area contributed by atoms with Gasteiger partial charge in [0.25, 0.3) is 0 Å². The molecule has 3 N–H and O–H groups in total. The Labute approximate surface area is 31.6 Å². The second-order valence-corrected chi connectivity index (χ2v) is 1.01. The number of aliphatic hydroxyl groups excluding tert-OH is 1. The molecule has 0 spiro atoms. The zero-order valence-electron chi connectivity index (χ0n) is 3.18. The molecule has 0 aliphatic rings. The van der Waals surface area contributed by atoms with E-state index in [-0.39, 0.29) is 6.04 Å². The van der Waals surface area contributed by atoms with Gasteiger partial charge in [-0.2, -0.15) is 0 Å². The van der Waals surface area contributed by atoms with Gasteiger partial charge in [0.05, 0.1) is 6.61 Å². The molecule has 0 heterocycles. The van der Waals surface area contributed by atoms with Crippen molar-refractivity contribution >= 4 is 0 Å². The fourth-order valence-electron chi connectivity index (χ4n) is 0. The van der Waals surface area contributed by atoms with Crippen LogP contribution in [0.5, 0.6) is 0 Å². The third kappa shape index (κ3) is 3.92. The van der Waals surface area contributed by atoms with Crippen molar-refractivity contribution in [3.63, 3.8) is 0 Å². The lowest BCUT2D eigenvalue weighted by Crippen LogP contribution is -2.13. The Morgan fingerprint density at radius 1 is 2.00 bits per heavy atom. The fourth-order valence-corrected chi connectivity index (χ4v) is 0. The van der Waals surface area contributed by atoms with Crippen LogP contribution in [-0.4, -0.2) is 11.1 Å². The van der Waals surface area contributed by atoms with E-state index in [0.29, 0.717) is 0 Å². The first-order valence-corrected chi connectivity index (χ1v) is 1.50. The van der Waals surface area contributed by atoms with Gasteiger partial charge in [-0.1, -0.05) is 0 Å². The van der Waals surface area contributed by atoms with Crippen molar-refractivity contribution in [2.45, 2.75) is 13.0 Å². The van der Waals surface area contributed by atoms with Crippen LogP contribution in [0.1, 0.15) is 6.92 Å². The van der Waals surface area contributed by atoms with Crippen LogP contribution in [0.2, 0.25) is 0 Å². The van der Waals surface area contributed by atoms with E-state index in [0.717, 1.165) is 6.61 Å². The zero-order chi connectivity index (χ0) is 4.28. The summed E-state index contributed by atoms with van der Waals surface area (Å²) in [5, 5.41) is 7.89. The Balaban J connectivity index is 2.54. The second kappa shape index (κ2) is 2.18. The lowest BCUT2D eigenvalue weighted by molar-refractivity contribution is 0.361. The SMILES string of the molecule is CC(N)[CH]O. The summed E-state index contributed by atoms with van der Waals surface area (Å²) in [5.41, 5.74) is 4.99. The molecule has 0 saturated heterocycles. The highest BCUT2D eigenvalue weighted by molar-refractivity contribution is 4.58. The molecule has 2 nitrogen and oxygen atoms in total. The van der Waals surface area contributed by atoms with Crippen molar-refractivity contribution in [2.24, 2.45) is 5.73 Å². The van der Waals surface area contributed by atoms with Gasteiger partial charge in [0, 0.05) is 6.04 Å². The Kier molecular flexibility index (Phi) is 2.14. The van der Waals surface area contributed by atoms with Gasteiger partial charge >= 0.3 is 0 Å². The number of hydrogen-bond acceptors (Lipinski definition) is 2. The van der Waals surface area contributed by atoms with Crippen LogP contribution in [-0.2, 0) is 0 Å². The topological polar surface area (TPSA) is 46.2 Å². The molecule has 31 valence electrons. The van der Waals surface area contributed by atoms with Crippen LogP contribution in [0.25, 0.3) is 0 Å². The summed E-state index contributed by atoms with van der Waals surface area (Å²) >= 11 is 0. The van der Waals surface area contributed by atoms with Gasteiger partial charge in [0.1, 0.15) is 0 Å². The Hall–Kier alpha value is -0.0800. The van der Waals surface area contributed by atoms with E-state index in [2.05, 4.69) is 0 Å². The van der Waals surface area contributed by atoms with Gasteiger partial charge in [0.15, 0.2) is 0 Å². The summed E-state index contributed by atoms with van der Waals surface area (Å²) < 4.78 is 0.